The first-order chi connectivity index (χ1) is 7.63. The Morgan fingerprint density at radius 3 is 2.69 bits per heavy atom. The molecule has 2 aromatic rings. The molecule has 0 spiro atoms. The Morgan fingerprint density at radius 1 is 1.19 bits per heavy atom. The average Bonchev–Trinajstić information content (AvgIpc) is 2.15. The zero-order valence-corrected chi connectivity index (χ0v) is 10.0. The number of hydrogen-bond acceptors (Lipinski definition) is 3. The Labute approximate surface area is 100 Å². The molecule has 0 atom stereocenters. The van der Waals surface area contributed by atoms with E-state index in [4.69, 9.17) is 4.74 Å². The van der Waals surface area contributed by atoms with Crippen molar-refractivity contribution in [3.63, 3.8) is 0 Å². The highest BCUT2D eigenvalue weighted by molar-refractivity contribution is 9.10. The smallest absolute Gasteiger partial charge is 0.222 e. The van der Waals surface area contributed by atoms with E-state index in [0.717, 1.165) is 5.69 Å². The third-order valence-corrected chi connectivity index (χ3v) is 2.30. The predicted octanol–water partition coefficient (Wildman–Crippen LogP) is 3.48. The second kappa shape index (κ2) is 4.57. The highest BCUT2D eigenvalue weighted by Gasteiger charge is 2.03. The van der Waals surface area contributed by atoms with Gasteiger partial charge in [-0.05, 0) is 19.1 Å². The summed E-state index contributed by atoms with van der Waals surface area (Å²) in [6.07, 6.45) is 1.40. The van der Waals surface area contributed by atoms with Gasteiger partial charge in [0, 0.05) is 22.3 Å². The molecule has 0 N–H and O–H groups in total. The molecule has 16 heavy (non-hydrogen) atoms. The molecule has 0 saturated heterocycles. The Bertz CT molecular complexity index is 499. The van der Waals surface area contributed by atoms with Crippen LogP contribution in [-0.2, 0) is 0 Å². The van der Waals surface area contributed by atoms with Gasteiger partial charge in [-0.25, -0.2) is 14.4 Å². The van der Waals surface area contributed by atoms with Gasteiger partial charge in [0.25, 0.3) is 0 Å². The maximum Gasteiger partial charge on any atom is 0.222 e. The number of aryl methyl sites for hydroxylation is 1. The minimum atomic E-state index is -0.366. The van der Waals surface area contributed by atoms with Crippen LogP contribution in [0.1, 0.15) is 5.69 Å². The highest BCUT2D eigenvalue weighted by Crippen LogP contribution is 2.24. The van der Waals surface area contributed by atoms with Crippen molar-refractivity contribution in [2.75, 3.05) is 0 Å². The first kappa shape index (κ1) is 11.0. The van der Waals surface area contributed by atoms with E-state index in [0.29, 0.717) is 16.1 Å². The number of rotatable bonds is 2. The summed E-state index contributed by atoms with van der Waals surface area (Å²) in [7, 11) is 0. The summed E-state index contributed by atoms with van der Waals surface area (Å²) < 4.78 is 19.1. The van der Waals surface area contributed by atoms with E-state index in [9.17, 15) is 4.39 Å². The molecule has 1 heterocycles. The maximum atomic E-state index is 13.1. The number of hydrogen-bond donors (Lipinski definition) is 0. The molecular weight excluding hydrogens is 275 g/mol. The van der Waals surface area contributed by atoms with Crippen LogP contribution in [0.4, 0.5) is 4.39 Å². The van der Waals surface area contributed by atoms with Crippen LogP contribution in [-0.4, -0.2) is 9.97 Å². The summed E-state index contributed by atoms with van der Waals surface area (Å²) in [5.41, 5.74) is 0.792. The van der Waals surface area contributed by atoms with Crippen LogP contribution in [0.15, 0.2) is 35.1 Å². The second-order valence-corrected chi connectivity index (χ2v) is 4.12. The lowest BCUT2D eigenvalue weighted by molar-refractivity contribution is 0.455. The Hall–Kier alpha value is -1.49. The van der Waals surface area contributed by atoms with E-state index in [-0.39, 0.29) is 5.82 Å². The molecule has 0 unspecified atom stereocenters. The molecule has 0 aliphatic heterocycles. The zero-order valence-electron chi connectivity index (χ0n) is 8.45. The fourth-order valence-electron chi connectivity index (χ4n) is 1.19. The molecule has 82 valence electrons. The van der Waals surface area contributed by atoms with E-state index >= 15 is 0 Å². The van der Waals surface area contributed by atoms with Gasteiger partial charge in [0.1, 0.15) is 17.9 Å². The summed E-state index contributed by atoms with van der Waals surface area (Å²) in [4.78, 5) is 7.87. The van der Waals surface area contributed by atoms with E-state index < -0.39 is 0 Å². The summed E-state index contributed by atoms with van der Waals surface area (Å²) in [6.45, 7) is 1.83. The lowest BCUT2D eigenvalue weighted by atomic mass is 10.3. The average molecular weight is 283 g/mol. The summed E-state index contributed by atoms with van der Waals surface area (Å²) in [6, 6.07) is 6.00. The van der Waals surface area contributed by atoms with Crippen LogP contribution < -0.4 is 4.74 Å². The van der Waals surface area contributed by atoms with Crippen molar-refractivity contribution in [3.8, 4) is 11.6 Å². The van der Waals surface area contributed by atoms with Gasteiger partial charge in [0.15, 0.2) is 0 Å². The minimum absolute atomic E-state index is 0.366. The fraction of sp³-hybridized carbons (Fsp3) is 0.0909. The van der Waals surface area contributed by atoms with Gasteiger partial charge in [-0.15, -0.1) is 0 Å². The molecule has 0 bridgehead atoms. The monoisotopic (exact) mass is 282 g/mol. The van der Waals surface area contributed by atoms with Crippen molar-refractivity contribution >= 4 is 15.9 Å². The number of nitrogens with zero attached hydrogens (tertiary/aromatic N) is 2. The van der Waals surface area contributed by atoms with Crippen LogP contribution in [0.2, 0.25) is 0 Å². The predicted molar refractivity (Wildman–Crippen MR) is 60.9 cm³/mol. The molecule has 1 aromatic carbocycles. The molecule has 0 amide bonds. The normalized spacial score (nSPS) is 10.2. The van der Waals surface area contributed by atoms with Crippen LogP contribution in [0.3, 0.4) is 0 Å². The van der Waals surface area contributed by atoms with Crippen LogP contribution in [0, 0.1) is 12.7 Å². The van der Waals surface area contributed by atoms with E-state index in [1.807, 2.05) is 6.92 Å². The maximum absolute atomic E-state index is 13.1. The van der Waals surface area contributed by atoms with Gasteiger partial charge < -0.3 is 4.74 Å². The first-order valence-electron chi connectivity index (χ1n) is 4.56. The quantitative estimate of drug-likeness (QED) is 0.846. The Balaban J connectivity index is 2.27. The summed E-state index contributed by atoms with van der Waals surface area (Å²) in [5.74, 6) is 0.421. The Morgan fingerprint density at radius 2 is 2.00 bits per heavy atom. The molecule has 0 radical (unpaired) electrons. The van der Waals surface area contributed by atoms with Gasteiger partial charge in [-0.2, -0.15) is 0 Å². The molecular formula is C11H8BrFN2O. The third kappa shape index (κ3) is 2.76. The van der Waals surface area contributed by atoms with Crippen molar-refractivity contribution in [2.24, 2.45) is 0 Å². The summed E-state index contributed by atoms with van der Waals surface area (Å²) in [5, 5.41) is 0. The fourth-order valence-corrected chi connectivity index (χ4v) is 1.64. The van der Waals surface area contributed by atoms with Gasteiger partial charge in [-0.1, -0.05) is 15.9 Å². The van der Waals surface area contributed by atoms with Gasteiger partial charge in [-0.3, -0.25) is 0 Å². The van der Waals surface area contributed by atoms with E-state index in [2.05, 4.69) is 25.9 Å². The molecule has 0 aliphatic carbocycles. The summed E-state index contributed by atoms with van der Waals surface area (Å²) >= 11 is 3.19. The molecule has 2 rings (SSSR count). The van der Waals surface area contributed by atoms with Crippen molar-refractivity contribution in [1.82, 2.24) is 9.97 Å². The van der Waals surface area contributed by atoms with Gasteiger partial charge in [0.05, 0.1) is 0 Å². The Kier molecular flexibility index (Phi) is 3.14. The standard InChI is InChI=1S/C11H8BrFN2O/c1-7-2-11(15-6-14-7)16-10-4-8(12)3-9(13)5-10/h2-6H,1H3. The second-order valence-electron chi connectivity index (χ2n) is 3.20. The van der Waals surface area contributed by atoms with Gasteiger partial charge >= 0.3 is 0 Å². The van der Waals surface area contributed by atoms with E-state index in [1.54, 1.807) is 12.1 Å². The zero-order chi connectivity index (χ0) is 11.5. The minimum Gasteiger partial charge on any atom is -0.439 e. The van der Waals surface area contributed by atoms with Crippen molar-refractivity contribution in [3.05, 3.63) is 46.6 Å². The molecule has 0 saturated carbocycles. The van der Waals surface area contributed by atoms with Crippen LogP contribution in [0.25, 0.3) is 0 Å². The van der Waals surface area contributed by atoms with Crippen molar-refractivity contribution in [2.45, 2.75) is 6.92 Å². The topological polar surface area (TPSA) is 35.0 Å². The molecule has 5 heteroatoms. The van der Waals surface area contributed by atoms with Crippen LogP contribution >= 0.6 is 15.9 Å². The molecule has 0 fully saturated rings. The van der Waals surface area contributed by atoms with E-state index in [1.165, 1.54) is 18.5 Å². The van der Waals surface area contributed by atoms with Gasteiger partial charge in [0.2, 0.25) is 5.88 Å². The number of benzene rings is 1. The lowest BCUT2D eigenvalue weighted by Gasteiger charge is -2.05. The molecule has 1 aromatic heterocycles. The molecule has 0 aliphatic rings. The van der Waals surface area contributed by atoms with Crippen molar-refractivity contribution < 1.29 is 9.13 Å². The number of halogens is 2. The SMILES string of the molecule is Cc1cc(Oc2cc(F)cc(Br)c2)ncn1. The lowest BCUT2D eigenvalue weighted by Crippen LogP contribution is -1.91. The molecule has 3 nitrogen and oxygen atoms in total. The number of ether oxygens (including phenoxy) is 1. The van der Waals surface area contributed by atoms with Crippen LogP contribution in [0.5, 0.6) is 11.6 Å². The highest BCUT2D eigenvalue weighted by atomic mass is 79.9. The largest absolute Gasteiger partial charge is 0.439 e. The van der Waals surface area contributed by atoms with Crippen molar-refractivity contribution in [1.29, 1.82) is 0 Å². The first-order valence-corrected chi connectivity index (χ1v) is 5.35. The third-order valence-electron chi connectivity index (χ3n) is 1.84. The number of aromatic nitrogens is 2.